The van der Waals surface area contributed by atoms with Gasteiger partial charge >= 0.3 is 0 Å². The first-order valence-electron chi connectivity index (χ1n) is 8.44. The van der Waals surface area contributed by atoms with Crippen LogP contribution in [0.3, 0.4) is 0 Å². The molecule has 8 heteroatoms. The molecule has 2 aromatic rings. The molecule has 0 aliphatic carbocycles. The van der Waals surface area contributed by atoms with Gasteiger partial charge in [-0.1, -0.05) is 30.3 Å². The number of carbonyl (C=O) groups excluding carboxylic acids is 2. The van der Waals surface area contributed by atoms with Gasteiger partial charge in [-0.15, -0.1) is 0 Å². The topological polar surface area (TPSA) is 92.8 Å². The standard InChI is InChI=1S/C19H20N2O5S/c1-13(14-7-3-5-9-16(14)26-2)20-18(22)11-12-21-19(23)15-8-4-6-10-17(15)27(21,24)25/h3-10,13H,11-12H2,1-2H3,(H,20,22). The molecule has 0 saturated heterocycles. The van der Waals surface area contributed by atoms with E-state index in [1.54, 1.807) is 25.3 Å². The first kappa shape index (κ1) is 18.9. The molecule has 1 atom stereocenters. The van der Waals surface area contributed by atoms with E-state index in [1.807, 2.05) is 25.1 Å². The van der Waals surface area contributed by atoms with E-state index in [0.29, 0.717) is 5.75 Å². The summed E-state index contributed by atoms with van der Waals surface area (Å²) in [6.45, 7) is 1.60. The Hall–Kier alpha value is -2.87. The Labute approximate surface area is 158 Å². The van der Waals surface area contributed by atoms with Gasteiger partial charge in [0.05, 0.1) is 18.7 Å². The predicted molar refractivity (Wildman–Crippen MR) is 98.8 cm³/mol. The van der Waals surface area contributed by atoms with Crippen molar-refractivity contribution >= 4 is 21.8 Å². The molecule has 3 rings (SSSR count). The third-order valence-electron chi connectivity index (χ3n) is 4.44. The Morgan fingerprint density at radius 2 is 1.81 bits per heavy atom. The summed E-state index contributed by atoms with van der Waals surface area (Å²) in [6, 6.07) is 13.0. The number of rotatable bonds is 6. The summed E-state index contributed by atoms with van der Waals surface area (Å²) in [6.07, 6.45) is -0.127. The average Bonchev–Trinajstić information content (AvgIpc) is 2.86. The zero-order valence-corrected chi connectivity index (χ0v) is 15.8. The summed E-state index contributed by atoms with van der Waals surface area (Å²) in [5, 5.41) is 2.81. The predicted octanol–water partition coefficient (Wildman–Crippen LogP) is 2.11. The summed E-state index contributed by atoms with van der Waals surface area (Å²) in [4.78, 5) is 24.6. The quantitative estimate of drug-likeness (QED) is 0.818. The fraction of sp³-hybridized carbons (Fsp3) is 0.263. The second kappa shape index (κ2) is 7.40. The first-order valence-corrected chi connectivity index (χ1v) is 9.88. The fourth-order valence-electron chi connectivity index (χ4n) is 3.07. The van der Waals surface area contributed by atoms with E-state index in [1.165, 1.54) is 12.1 Å². The van der Waals surface area contributed by atoms with Crippen molar-refractivity contribution < 1.29 is 22.7 Å². The molecule has 7 nitrogen and oxygen atoms in total. The molecule has 2 amide bonds. The van der Waals surface area contributed by atoms with Crippen molar-refractivity contribution in [2.45, 2.75) is 24.3 Å². The summed E-state index contributed by atoms with van der Waals surface area (Å²) >= 11 is 0. The minimum atomic E-state index is -3.90. The zero-order valence-electron chi connectivity index (χ0n) is 15.0. The molecule has 1 N–H and O–H groups in total. The summed E-state index contributed by atoms with van der Waals surface area (Å²) in [7, 11) is -2.35. The maximum Gasteiger partial charge on any atom is 0.269 e. The molecule has 1 heterocycles. The highest BCUT2D eigenvalue weighted by atomic mass is 32.2. The minimum absolute atomic E-state index is 0.0159. The van der Waals surface area contributed by atoms with Crippen LogP contribution in [0.2, 0.25) is 0 Å². The molecule has 0 bridgehead atoms. The minimum Gasteiger partial charge on any atom is -0.496 e. The van der Waals surface area contributed by atoms with Gasteiger partial charge in [0.1, 0.15) is 10.6 Å². The third kappa shape index (κ3) is 3.52. The van der Waals surface area contributed by atoms with Crippen LogP contribution >= 0.6 is 0 Å². The van der Waals surface area contributed by atoms with E-state index in [2.05, 4.69) is 5.32 Å². The van der Waals surface area contributed by atoms with Gasteiger partial charge in [-0.2, -0.15) is 0 Å². The van der Waals surface area contributed by atoms with Gasteiger partial charge in [0.15, 0.2) is 0 Å². The number of nitrogens with one attached hydrogen (secondary N) is 1. The molecular formula is C19H20N2O5S. The second-order valence-corrected chi connectivity index (χ2v) is 7.99. The second-order valence-electron chi connectivity index (χ2n) is 6.16. The molecule has 0 fully saturated rings. The van der Waals surface area contributed by atoms with Gasteiger partial charge < -0.3 is 10.1 Å². The zero-order chi connectivity index (χ0) is 19.6. The molecule has 1 unspecified atom stereocenters. The van der Waals surface area contributed by atoms with Gasteiger partial charge in [-0.3, -0.25) is 9.59 Å². The number of para-hydroxylation sites is 1. The van der Waals surface area contributed by atoms with Gasteiger partial charge in [-0.25, -0.2) is 12.7 Å². The van der Waals surface area contributed by atoms with Gasteiger partial charge in [0, 0.05) is 18.5 Å². The molecule has 1 aliphatic rings. The molecule has 2 aromatic carbocycles. The van der Waals surface area contributed by atoms with Crippen LogP contribution in [0, 0.1) is 0 Å². The maximum atomic E-state index is 12.5. The number of ether oxygens (including phenoxy) is 1. The smallest absolute Gasteiger partial charge is 0.269 e. The third-order valence-corrected chi connectivity index (χ3v) is 6.28. The van der Waals surface area contributed by atoms with Crippen LogP contribution < -0.4 is 10.1 Å². The summed E-state index contributed by atoms with van der Waals surface area (Å²) in [5.74, 6) is -0.304. The highest BCUT2D eigenvalue weighted by Crippen LogP contribution is 2.30. The molecule has 1 aliphatic heterocycles. The number of methoxy groups -OCH3 is 1. The van der Waals surface area contributed by atoms with E-state index in [0.717, 1.165) is 9.87 Å². The Morgan fingerprint density at radius 3 is 2.52 bits per heavy atom. The number of sulfonamides is 1. The van der Waals surface area contributed by atoms with Crippen LogP contribution in [-0.4, -0.2) is 38.2 Å². The molecular weight excluding hydrogens is 368 g/mol. The number of hydrogen-bond acceptors (Lipinski definition) is 5. The monoisotopic (exact) mass is 388 g/mol. The molecule has 0 radical (unpaired) electrons. The van der Waals surface area contributed by atoms with Crippen LogP contribution in [0.5, 0.6) is 5.75 Å². The average molecular weight is 388 g/mol. The molecule has 27 heavy (non-hydrogen) atoms. The van der Waals surface area contributed by atoms with Crippen molar-refractivity contribution in [3.63, 3.8) is 0 Å². The number of carbonyl (C=O) groups is 2. The van der Waals surface area contributed by atoms with Crippen LogP contribution in [-0.2, 0) is 14.8 Å². The van der Waals surface area contributed by atoms with Crippen molar-refractivity contribution in [1.82, 2.24) is 9.62 Å². The van der Waals surface area contributed by atoms with E-state index in [4.69, 9.17) is 4.74 Å². The largest absolute Gasteiger partial charge is 0.496 e. The maximum absolute atomic E-state index is 12.5. The SMILES string of the molecule is COc1ccccc1C(C)NC(=O)CCN1C(=O)c2ccccc2S1(=O)=O. The Balaban J connectivity index is 1.66. The number of nitrogens with zero attached hydrogens (tertiary/aromatic N) is 1. The number of fused-ring (bicyclic) bond motifs is 1. The lowest BCUT2D eigenvalue weighted by atomic mass is 10.1. The van der Waals surface area contributed by atoms with E-state index < -0.39 is 15.9 Å². The van der Waals surface area contributed by atoms with Gasteiger partial charge in [0.2, 0.25) is 5.91 Å². The number of hydrogen-bond donors (Lipinski definition) is 1. The van der Waals surface area contributed by atoms with Crippen LogP contribution in [0.4, 0.5) is 0 Å². The normalized spacial score (nSPS) is 15.9. The van der Waals surface area contributed by atoms with E-state index in [-0.39, 0.29) is 35.4 Å². The lowest BCUT2D eigenvalue weighted by molar-refractivity contribution is -0.121. The number of amides is 2. The van der Waals surface area contributed by atoms with Crippen molar-refractivity contribution in [1.29, 1.82) is 0 Å². The van der Waals surface area contributed by atoms with E-state index >= 15 is 0 Å². The Bertz CT molecular complexity index is 987. The fourth-order valence-corrected chi connectivity index (χ4v) is 4.64. The lowest BCUT2D eigenvalue weighted by Crippen LogP contribution is -2.35. The molecule has 142 valence electrons. The van der Waals surface area contributed by atoms with Crippen molar-refractivity contribution in [2.24, 2.45) is 0 Å². The van der Waals surface area contributed by atoms with Crippen molar-refractivity contribution in [2.75, 3.05) is 13.7 Å². The molecule has 0 aromatic heterocycles. The van der Waals surface area contributed by atoms with Crippen LogP contribution in [0.25, 0.3) is 0 Å². The highest BCUT2D eigenvalue weighted by molar-refractivity contribution is 7.90. The first-order chi connectivity index (χ1) is 12.9. The lowest BCUT2D eigenvalue weighted by Gasteiger charge is -2.19. The van der Waals surface area contributed by atoms with Crippen molar-refractivity contribution in [3.8, 4) is 5.75 Å². The van der Waals surface area contributed by atoms with E-state index in [9.17, 15) is 18.0 Å². The highest BCUT2D eigenvalue weighted by Gasteiger charge is 2.40. The Morgan fingerprint density at radius 1 is 1.15 bits per heavy atom. The number of benzene rings is 2. The van der Waals surface area contributed by atoms with Crippen LogP contribution in [0.15, 0.2) is 53.4 Å². The summed E-state index contributed by atoms with van der Waals surface area (Å²) in [5.41, 5.74) is 0.950. The Kier molecular flexibility index (Phi) is 5.18. The molecule has 0 saturated carbocycles. The summed E-state index contributed by atoms with van der Waals surface area (Å²) < 4.78 is 31.0. The molecule has 0 spiro atoms. The van der Waals surface area contributed by atoms with Gasteiger partial charge in [0.25, 0.3) is 15.9 Å². The van der Waals surface area contributed by atoms with Crippen molar-refractivity contribution in [3.05, 3.63) is 59.7 Å². The van der Waals surface area contributed by atoms with Crippen LogP contribution in [0.1, 0.15) is 35.3 Å². The van der Waals surface area contributed by atoms with Gasteiger partial charge in [-0.05, 0) is 25.1 Å².